The van der Waals surface area contributed by atoms with Crippen molar-refractivity contribution in [2.24, 2.45) is 0 Å². The number of hydrogen-bond acceptors (Lipinski definition) is 8. The lowest BCUT2D eigenvalue weighted by Gasteiger charge is -2.29. The highest BCUT2D eigenvalue weighted by Gasteiger charge is 2.18. The number of likely N-dealkylation sites (tertiary alicyclic amines) is 1. The Kier molecular flexibility index (Phi) is 7.24. The molecule has 0 spiro atoms. The van der Waals surface area contributed by atoms with E-state index in [2.05, 4.69) is 30.4 Å². The third-order valence-corrected chi connectivity index (χ3v) is 6.25. The Morgan fingerprint density at radius 3 is 2.81 bits per heavy atom. The quantitative estimate of drug-likeness (QED) is 0.322. The van der Waals surface area contributed by atoms with E-state index in [-0.39, 0.29) is 18.5 Å². The molecule has 1 aliphatic heterocycles. The standard InChI is InChI=1S/C26H29FN6O3/c1-17-13-20(5-6-22(17)36-15-18-3-2-4-19(27)14-18)30-24-23-25(29-16-28-24)31-32-26(23)35-12-11-33-9-7-21(34)8-10-33/h2-6,13-14,16,21,34H,7-12,15H2,1H3,(H2,28,29,30,31,32). The van der Waals surface area contributed by atoms with Gasteiger partial charge in [0.25, 0.3) is 0 Å². The van der Waals surface area contributed by atoms with Gasteiger partial charge in [0.05, 0.1) is 6.10 Å². The van der Waals surface area contributed by atoms with Gasteiger partial charge in [0.1, 0.15) is 42.3 Å². The molecular weight excluding hydrogens is 463 g/mol. The molecule has 0 atom stereocenters. The van der Waals surface area contributed by atoms with Crippen molar-refractivity contribution in [2.45, 2.75) is 32.5 Å². The highest BCUT2D eigenvalue weighted by molar-refractivity contribution is 5.92. The maximum atomic E-state index is 13.4. The summed E-state index contributed by atoms with van der Waals surface area (Å²) in [7, 11) is 0. The minimum atomic E-state index is -0.280. The zero-order valence-corrected chi connectivity index (χ0v) is 20.1. The van der Waals surface area contributed by atoms with Crippen LogP contribution in [-0.4, -0.2) is 62.5 Å². The van der Waals surface area contributed by atoms with Crippen LogP contribution in [0.4, 0.5) is 15.9 Å². The molecule has 0 amide bonds. The number of halogens is 1. The van der Waals surface area contributed by atoms with Gasteiger partial charge in [-0.05, 0) is 61.2 Å². The van der Waals surface area contributed by atoms with Gasteiger partial charge >= 0.3 is 0 Å². The molecule has 0 saturated carbocycles. The third kappa shape index (κ3) is 5.72. The first-order chi connectivity index (χ1) is 17.5. The van der Waals surface area contributed by atoms with Crippen LogP contribution in [0.15, 0.2) is 48.8 Å². The van der Waals surface area contributed by atoms with Gasteiger partial charge in [-0.15, -0.1) is 5.10 Å². The largest absolute Gasteiger partial charge is 0.489 e. The van der Waals surface area contributed by atoms with E-state index in [1.165, 1.54) is 18.5 Å². The van der Waals surface area contributed by atoms with E-state index in [0.29, 0.717) is 29.3 Å². The molecule has 188 valence electrons. The molecule has 5 rings (SSSR count). The van der Waals surface area contributed by atoms with E-state index in [1.807, 2.05) is 31.2 Å². The van der Waals surface area contributed by atoms with Crippen molar-refractivity contribution in [1.82, 2.24) is 25.1 Å². The summed E-state index contributed by atoms with van der Waals surface area (Å²) >= 11 is 0. The molecule has 36 heavy (non-hydrogen) atoms. The van der Waals surface area contributed by atoms with Crippen LogP contribution < -0.4 is 14.8 Å². The lowest BCUT2D eigenvalue weighted by molar-refractivity contribution is 0.0752. The Hall–Kier alpha value is -3.76. The molecule has 1 aliphatic rings. The van der Waals surface area contributed by atoms with Crippen molar-refractivity contribution in [2.75, 3.05) is 31.6 Å². The molecule has 2 aromatic heterocycles. The fourth-order valence-electron chi connectivity index (χ4n) is 4.26. The first-order valence-corrected chi connectivity index (χ1v) is 12.0. The zero-order chi connectivity index (χ0) is 24.9. The monoisotopic (exact) mass is 492 g/mol. The van der Waals surface area contributed by atoms with Crippen LogP contribution >= 0.6 is 0 Å². The number of nitrogens with one attached hydrogen (secondary N) is 2. The molecule has 0 aliphatic carbocycles. The van der Waals surface area contributed by atoms with E-state index < -0.39 is 0 Å². The number of rotatable bonds is 9. The second-order valence-electron chi connectivity index (χ2n) is 8.92. The van der Waals surface area contributed by atoms with E-state index in [4.69, 9.17) is 9.47 Å². The van der Waals surface area contributed by atoms with E-state index in [1.54, 1.807) is 6.07 Å². The van der Waals surface area contributed by atoms with Gasteiger partial charge in [0, 0.05) is 25.3 Å². The first kappa shape index (κ1) is 24.0. The summed E-state index contributed by atoms with van der Waals surface area (Å²) in [6.07, 6.45) is 2.86. The Balaban J connectivity index is 1.24. The number of nitrogens with zero attached hydrogens (tertiary/aromatic N) is 4. The molecule has 2 aromatic carbocycles. The minimum absolute atomic E-state index is 0.194. The van der Waals surface area contributed by atoms with Crippen molar-refractivity contribution < 1.29 is 19.0 Å². The van der Waals surface area contributed by atoms with Gasteiger partial charge in [-0.3, -0.25) is 10.00 Å². The smallest absolute Gasteiger partial charge is 0.246 e. The number of fused-ring (bicyclic) bond motifs is 1. The van der Waals surface area contributed by atoms with Crippen LogP contribution in [0, 0.1) is 12.7 Å². The highest BCUT2D eigenvalue weighted by Crippen LogP contribution is 2.31. The Labute approximate surface area is 208 Å². The number of anilines is 2. The van der Waals surface area contributed by atoms with Crippen LogP contribution in [0.2, 0.25) is 0 Å². The van der Waals surface area contributed by atoms with Crippen molar-refractivity contribution >= 4 is 22.5 Å². The van der Waals surface area contributed by atoms with E-state index >= 15 is 0 Å². The molecule has 0 bridgehead atoms. The number of benzene rings is 2. The van der Waals surface area contributed by atoms with Gasteiger partial charge in [-0.1, -0.05) is 12.1 Å². The Morgan fingerprint density at radius 1 is 1.14 bits per heavy atom. The van der Waals surface area contributed by atoms with Crippen molar-refractivity contribution in [3.05, 3.63) is 65.7 Å². The third-order valence-electron chi connectivity index (χ3n) is 6.25. The van der Waals surface area contributed by atoms with Gasteiger partial charge < -0.3 is 19.9 Å². The van der Waals surface area contributed by atoms with Crippen LogP contribution in [0.1, 0.15) is 24.0 Å². The summed E-state index contributed by atoms with van der Waals surface area (Å²) in [5.41, 5.74) is 3.10. The Bertz CT molecular complexity index is 1320. The molecule has 3 N–H and O–H groups in total. The second kappa shape index (κ2) is 10.9. The average Bonchev–Trinajstić information content (AvgIpc) is 3.29. The fourth-order valence-corrected chi connectivity index (χ4v) is 4.26. The maximum absolute atomic E-state index is 13.4. The predicted molar refractivity (Wildman–Crippen MR) is 134 cm³/mol. The predicted octanol–water partition coefficient (Wildman–Crippen LogP) is 3.96. The summed E-state index contributed by atoms with van der Waals surface area (Å²) in [5.74, 6) is 1.46. The summed E-state index contributed by atoms with van der Waals surface area (Å²) in [6, 6.07) is 12.1. The van der Waals surface area contributed by atoms with E-state index in [0.717, 1.165) is 55.0 Å². The van der Waals surface area contributed by atoms with Crippen molar-refractivity contribution in [3.63, 3.8) is 0 Å². The molecule has 10 heteroatoms. The van der Waals surface area contributed by atoms with Crippen LogP contribution in [-0.2, 0) is 6.61 Å². The summed E-state index contributed by atoms with van der Waals surface area (Å²) in [6.45, 7) is 5.19. The Morgan fingerprint density at radius 2 is 2.00 bits per heavy atom. The maximum Gasteiger partial charge on any atom is 0.246 e. The van der Waals surface area contributed by atoms with Crippen LogP contribution in [0.5, 0.6) is 11.6 Å². The molecule has 0 unspecified atom stereocenters. The van der Waals surface area contributed by atoms with Crippen LogP contribution in [0.3, 0.4) is 0 Å². The highest BCUT2D eigenvalue weighted by atomic mass is 19.1. The van der Waals surface area contributed by atoms with Gasteiger partial charge in [-0.2, -0.15) is 0 Å². The number of aryl methyl sites for hydroxylation is 1. The van der Waals surface area contributed by atoms with Crippen molar-refractivity contribution in [1.29, 1.82) is 0 Å². The number of aromatic amines is 1. The molecule has 0 radical (unpaired) electrons. The normalized spacial score (nSPS) is 14.8. The lowest BCUT2D eigenvalue weighted by Crippen LogP contribution is -2.38. The summed E-state index contributed by atoms with van der Waals surface area (Å²) in [5, 5.41) is 20.9. The molecule has 9 nitrogen and oxygen atoms in total. The minimum Gasteiger partial charge on any atom is -0.489 e. The number of aliphatic hydroxyl groups excluding tert-OH is 1. The van der Waals surface area contributed by atoms with Gasteiger partial charge in [0.2, 0.25) is 5.88 Å². The number of H-pyrrole nitrogens is 1. The number of hydrogen-bond donors (Lipinski definition) is 3. The first-order valence-electron chi connectivity index (χ1n) is 12.0. The molecule has 1 fully saturated rings. The summed E-state index contributed by atoms with van der Waals surface area (Å²) in [4.78, 5) is 11.0. The molecule has 3 heterocycles. The topological polar surface area (TPSA) is 108 Å². The van der Waals surface area contributed by atoms with Gasteiger partial charge in [0.15, 0.2) is 5.65 Å². The fraction of sp³-hybridized carbons (Fsp3) is 0.346. The molecule has 1 saturated heterocycles. The van der Waals surface area contributed by atoms with Crippen molar-refractivity contribution in [3.8, 4) is 11.6 Å². The second-order valence-corrected chi connectivity index (χ2v) is 8.92. The number of aromatic nitrogens is 4. The molecular formula is C26H29FN6O3. The van der Waals surface area contributed by atoms with Crippen LogP contribution in [0.25, 0.3) is 11.0 Å². The molecule has 4 aromatic rings. The zero-order valence-electron chi connectivity index (χ0n) is 20.1. The number of ether oxygens (including phenoxy) is 2. The number of piperidine rings is 1. The summed E-state index contributed by atoms with van der Waals surface area (Å²) < 4.78 is 25.3. The van der Waals surface area contributed by atoms with Gasteiger partial charge in [-0.25, -0.2) is 14.4 Å². The average molecular weight is 493 g/mol. The number of aliphatic hydroxyl groups is 1. The SMILES string of the molecule is Cc1cc(Nc2ncnc3[nH]nc(OCCN4CCC(O)CC4)c23)ccc1OCc1cccc(F)c1. The lowest BCUT2D eigenvalue weighted by atomic mass is 10.1. The van der Waals surface area contributed by atoms with E-state index in [9.17, 15) is 9.50 Å².